The SMILES string of the molecule is COc1ccc(C)c(S(=O)(=O)NC(=O)c2cn(-c3cc(Cl)cc(Cl)c3)c(C)n2)c1. The van der Waals surface area contributed by atoms with Crippen molar-refractivity contribution in [3.63, 3.8) is 0 Å². The number of hydrogen-bond acceptors (Lipinski definition) is 5. The van der Waals surface area contributed by atoms with Gasteiger partial charge in [-0.25, -0.2) is 18.1 Å². The average Bonchev–Trinajstić information content (AvgIpc) is 3.03. The number of imidazole rings is 1. The van der Waals surface area contributed by atoms with Crippen molar-refractivity contribution >= 4 is 39.1 Å². The molecule has 0 spiro atoms. The Morgan fingerprint density at radius 2 is 1.76 bits per heavy atom. The number of carbonyl (C=O) groups is 1. The number of methoxy groups -OCH3 is 1. The minimum Gasteiger partial charge on any atom is -0.497 e. The molecule has 29 heavy (non-hydrogen) atoms. The van der Waals surface area contributed by atoms with Crippen molar-refractivity contribution in [2.45, 2.75) is 18.7 Å². The van der Waals surface area contributed by atoms with Gasteiger partial charge < -0.3 is 9.30 Å². The summed E-state index contributed by atoms with van der Waals surface area (Å²) in [6.45, 7) is 3.30. The molecule has 0 saturated carbocycles. The Bertz CT molecular complexity index is 1190. The summed E-state index contributed by atoms with van der Waals surface area (Å²) in [5, 5.41) is 0.838. The monoisotopic (exact) mass is 453 g/mol. The lowest BCUT2D eigenvalue weighted by molar-refractivity contribution is 0.0977. The van der Waals surface area contributed by atoms with E-state index >= 15 is 0 Å². The van der Waals surface area contributed by atoms with Gasteiger partial charge in [-0.3, -0.25) is 4.79 Å². The van der Waals surface area contributed by atoms with Crippen LogP contribution in [-0.2, 0) is 10.0 Å². The second-order valence-corrected chi connectivity index (χ2v) is 8.76. The fraction of sp³-hybridized carbons (Fsp3) is 0.158. The number of ether oxygens (including phenoxy) is 1. The van der Waals surface area contributed by atoms with E-state index in [9.17, 15) is 13.2 Å². The van der Waals surface area contributed by atoms with Crippen LogP contribution in [0.2, 0.25) is 10.0 Å². The molecule has 152 valence electrons. The van der Waals surface area contributed by atoms with Gasteiger partial charge in [-0.1, -0.05) is 29.3 Å². The topological polar surface area (TPSA) is 90.3 Å². The van der Waals surface area contributed by atoms with Crippen molar-refractivity contribution in [2.24, 2.45) is 0 Å². The smallest absolute Gasteiger partial charge is 0.285 e. The minimum atomic E-state index is -4.12. The largest absolute Gasteiger partial charge is 0.497 e. The van der Waals surface area contributed by atoms with Crippen molar-refractivity contribution in [1.29, 1.82) is 0 Å². The second-order valence-electron chi connectivity index (χ2n) is 6.24. The molecule has 3 aromatic rings. The zero-order valence-electron chi connectivity index (χ0n) is 15.7. The van der Waals surface area contributed by atoms with Crippen LogP contribution in [0.15, 0.2) is 47.5 Å². The summed E-state index contributed by atoms with van der Waals surface area (Å²) < 4.78 is 34.1. The van der Waals surface area contributed by atoms with Crippen molar-refractivity contribution in [2.75, 3.05) is 7.11 Å². The molecular weight excluding hydrogens is 437 g/mol. The number of rotatable bonds is 5. The number of benzene rings is 2. The molecule has 0 atom stereocenters. The number of aryl methyl sites for hydroxylation is 2. The molecule has 0 saturated heterocycles. The molecule has 1 heterocycles. The van der Waals surface area contributed by atoms with E-state index in [1.165, 1.54) is 19.4 Å². The Morgan fingerprint density at radius 3 is 2.38 bits per heavy atom. The van der Waals surface area contributed by atoms with Crippen molar-refractivity contribution in [1.82, 2.24) is 14.3 Å². The van der Waals surface area contributed by atoms with Crippen LogP contribution in [0.25, 0.3) is 5.69 Å². The van der Waals surface area contributed by atoms with E-state index < -0.39 is 15.9 Å². The number of sulfonamides is 1. The van der Waals surface area contributed by atoms with E-state index in [1.54, 1.807) is 48.7 Å². The first-order valence-corrected chi connectivity index (χ1v) is 10.6. The highest BCUT2D eigenvalue weighted by Crippen LogP contribution is 2.24. The predicted octanol–water partition coefficient (Wildman–Crippen LogP) is 3.92. The Kier molecular flexibility index (Phi) is 5.88. The first-order valence-electron chi connectivity index (χ1n) is 8.35. The van der Waals surface area contributed by atoms with E-state index in [2.05, 4.69) is 4.98 Å². The van der Waals surface area contributed by atoms with Crippen LogP contribution in [0.3, 0.4) is 0 Å². The summed E-state index contributed by atoms with van der Waals surface area (Å²) in [7, 11) is -2.70. The van der Waals surface area contributed by atoms with E-state index in [4.69, 9.17) is 27.9 Å². The summed E-state index contributed by atoms with van der Waals surface area (Å²) in [6, 6.07) is 9.47. The van der Waals surface area contributed by atoms with Gasteiger partial charge in [0.1, 0.15) is 17.3 Å². The maximum atomic E-state index is 12.7. The third-order valence-corrected chi connectivity index (χ3v) is 6.06. The molecule has 1 aromatic heterocycles. The van der Waals surface area contributed by atoms with Crippen LogP contribution >= 0.6 is 23.2 Å². The first kappa shape index (κ1) is 21.2. The lowest BCUT2D eigenvalue weighted by Gasteiger charge is -2.10. The highest BCUT2D eigenvalue weighted by Gasteiger charge is 2.23. The first-order chi connectivity index (χ1) is 13.6. The molecule has 0 aliphatic carbocycles. The van der Waals surface area contributed by atoms with E-state index in [-0.39, 0.29) is 10.6 Å². The molecular formula is C19H17Cl2N3O4S. The summed E-state index contributed by atoms with van der Waals surface area (Å²) in [4.78, 5) is 16.7. The molecule has 0 fully saturated rings. The minimum absolute atomic E-state index is 0.0528. The molecule has 3 rings (SSSR count). The summed E-state index contributed by atoms with van der Waals surface area (Å²) in [5.74, 6) is -0.0352. The quantitative estimate of drug-likeness (QED) is 0.631. The predicted molar refractivity (Wildman–Crippen MR) is 111 cm³/mol. The zero-order valence-corrected chi connectivity index (χ0v) is 18.1. The Morgan fingerprint density at radius 1 is 1.10 bits per heavy atom. The summed E-state index contributed by atoms with van der Waals surface area (Å²) in [6.07, 6.45) is 1.42. The van der Waals surface area contributed by atoms with E-state index in [1.807, 2.05) is 4.72 Å². The summed E-state index contributed by atoms with van der Waals surface area (Å²) in [5.41, 5.74) is 1.00. The molecule has 1 N–H and O–H groups in total. The van der Waals surface area contributed by atoms with Gasteiger partial charge >= 0.3 is 0 Å². The number of amides is 1. The number of carbonyl (C=O) groups excluding carboxylic acids is 1. The average molecular weight is 454 g/mol. The number of nitrogens with one attached hydrogen (secondary N) is 1. The molecule has 0 unspecified atom stereocenters. The molecule has 0 radical (unpaired) electrons. The fourth-order valence-electron chi connectivity index (χ4n) is 2.75. The number of hydrogen-bond donors (Lipinski definition) is 1. The van der Waals surface area contributed by atoms with Gasteiger partial charge in [-0.05, 0) is 43.7 Å². The third kappa shape index (κ3) is 4.55. The Balaban J connectivity index is 1.92. The Hall–Kier alpha value is -2.55. The maximum Gasteiger partial charge on any atom is 0.285 e. The van der Waals surface area contributed by atoms with Crippen molar-refractivity contribution in [3.05, 3.63) is 69.7 Å². The van der Waals surface area contributed by atoms with Gasteiger partial charge in [0.2, 0.25) is 0 Å². The van der Waals surface area contributed by atoms with Crippen LogP contribution in [0, 0.1) is 13.8 Å². The molecule has 2 aromatic carbocycles. The highest BCUT2D eigenvalue weighted by atomic mass is 35.5. The van der Waals surface area contributed by atoms with Gasteiger partial charge in [0.25, 0.3) is 15.9 Å². The molecule has 1 amide bonds. The zero-order chi connectivity index (χ0) is 21.3. The van der Waals surface area contributed by atoms with Crippen LogP contribution in [-0.4, -0.2) is 31.0 Å². The Labute approximate surface area is 178 Å². The molecule has 0 aliphatic rings. The standard InChI is InChI=1S/C19H17Cl2N3O4S/c1-11-4-5-16(28-3)9-18(11)29(26,27)23-19(25)17-10-24(12(2)22-17)15-7-13(20)6-14(21)8-15/h4-10H,1-3H3,(H,23,25). The van der Waals surface area contributed by atoms with Gasteiger partial charge in [-0.2, -0.15) is 0 Å². The number of aromatic nitrogens is 2. The van der Waals surface area contributed by atoms with Crippen molar-refractivity contribution < 1.29 is 17.9 Å². The molecule has 0 aliphatic heterocycles. The van der Waals surface area contributed by atoms with E-state index in [0.29, 0.717) is 32.9 Å². The van der Waals surface area contributed by atoms with Gasteiger partial charge in [0.05, 0.1) is 12.0 Å². The van der Waals surface area contributed by atoms with Crippen LogP contribution < -0.4 is 9.46 Å². The highest BCUT2D eigenvalue weighted by molar-refractivity contribution is 7.90. The van der Waals surface area contributed by atoms with Gasteiger partial charge in [-0.15, -0.1) is 0 Å². The van der Waals surface area contributed by atoms with Gasteiger partial charge in [0, 0.05) is 28.0 Å². The normalized spacial score (nSPS) is 11.3. The van der Waals surface area contributed by atoms with Crippen molar-refractivity contribution in [3.8, 4) is 11.4 Å². The van der Waals surface area contributed by atoms with Crippen LogP contribution in [0.5, 0.6) is 5.75 Å². The lowest BCUT2D eigenvalue weighted by atomic mass is 10.2. The maximum absolute atomic E-state index is 12.7. The number of halogens is 2. The second kappa shape index (κ2) is 8.06. The fourth-order valence-corrected chi connectivity index (χ4v) is 4.48. The molecule has 10 heteroatoms. The lowest BCUT2D eigenvalue weighted by Crippen LogP contribution is -2.31. The molecule has 0 bridgehead atoms. The van der Waals surface area contributed by atoms with Crippen LogP contribution in [0.1, 0.15) is 21.9 Å². The summed E-state index contributed by atoms with van der Waals surface area (Å²) >= 11 is 12.1. The van der Waals surface area contributed by atoms with Gasteiger partial charge in [0.15, 0.2) is 0 Å². The van der Waals surface area contributed by atoms with Crippen LogP contribution in [0.4, 0.5) is 0 Å². The number of nitrogens with zero attached hydrogens (tertiary/aromatic N) is 2. The van der Waals surface area contributed by atoms with E-state index in [0.717, 1.165) is 0 Å². The molecule has 7 nitrogen and oxygen atoms in total. The third-order valence-electron chi connectivity index (χ3n) is 4.15.